The number of amides is 1. The maximum absolute atomic E-state index is 14.3. The number of hydrogen-bond donors (Lipinski definition) is 2. The molecule has 0 spiro atoms. The molecule has 0 radical (unpaired) electrons. The molecule has 3 heterocycles. The lowest BCUT2D eigenvalue weighted by molar-refractivity contribution is -0.274. The number of anilines is 1. The van der Waals surface area contributed by atoms with Crippen LogP contribution in [0.25, 0.3) is 5.57 Å². The number of halogens is 6. The second-order valence-corrected chi connectivity index (χ2v) is 13.3. The first kappa shape index (κ1) is 35.1. The van der Waals surface area contributed by atoms with Gasteiger partial charge in [-0.15, -0.1) is 24.5 Å². The number of nitrogens with one attached hydrogen (secondary N) is 1. The van der Waals surface area contributed by atoms with Crippen molar-refractivity contribution in [1.82, 2.24) is 14.6 Å². The summed E-state index contributed by atoms with van der Waals surface area (Å²) in [5, 5.41) is 12.9. The first-order valence-electron chi connectivity index (χ1n) is 14.2. The standard InChI is InChI=1S/C29H27F6N5O6S2/c30-21-13-17(1-6-23(21)45-27(31)32)14-37-26(42)22-15-39(28-38-25-18(16-41)7-9-36-10-8-24(25)47-28)11-12-40(22)48(43,44)20-4-2-19(3-5-20)46-29(33,34)35/h1-7,10,13,22,27,41H,8-9,11-12,14-16H2,(H,37,42)/t22-/m1/s1. The predicted octanol–water partition coefficient (Wildman–Crippen LogP) is 3.98. The van der Waals surface area contributed by atoms with Crippen LogP contribution < -0.4 is 19.7 Å². The van der Waals surface area contributed by atoms with E-state index in [1.807, 2.05) is 0 Å². The molecule has 0 saturated carbocycles. The van der Waals surface area contributed by atoms with Gasteiger partial charge in [-0.1, -0.05) is 12.1 Å². The molecule has 11 nitrogen and oxygen atoms in total. The molecule has 0 aliphatic carbocycles. The van der Waals surface area contributed by atoms with Crippen molar-refractivity contribution < 1.29 is 54.1 Å². The Hall–Kier alpha value is -4.20. The lowest BCUT2D eigenvalue weighted by Crippen LogP contribution is -2.60. The van der Waals surface area contributed by atoms with Gasteiger partial charge in [0.05, 0.1) is 23.7 Å². The van der Waals surface area contributed by atoms with E-state index in [0.29, 0.717) is 29.4 Å². The fourth-order valence-electron chi connectivity index (χ4n) is 5.03. The monoisotopic (exact) mass is 719 g/mol. The molecule has 0 bridgehead atoms. The molecule has 1 saturated heterocycles. The lowest BCUT2D eigenvalue weighted by Gasteiger charge is -2.39. The summed E-state index contributed by atoms with van der Waals surface area (Å²) in [4.78, 5) is 24.7. The third-order valence-corrected chi connectivity index (χ3v) is 10.3. The number of aliphatic imine (C=N–C) groups is 1. The van der Waals surface area contributed by atoms with Crippen LogP contribution in [-0.4, -0.2) is 86.7 Å². The molecule has 1 aromatic heterocycles. The van der Waals surface area contributed by atoms with Gasteiger partial charge in [0.2, 0.25) is 15.9 Å². The number of sulfonamides is 1. The van der Waals surface area contributed by atoms with E-state index in [4.69, 9.17) is 0 Å². The summed E-state index contributed by atoms with van der Waals surface area (Å²) in [5.41, 5.74) is 1.28. The van der Waals surface area contributed by atoms with Crippen LogP contribution in [0, 0.1) is 5.82 Å². The molecular formula is C29H27F6N5O6S2. The summed E-state index contributed by atoms with van der Waals surface area (Å²) >= 11 is 1.28. The fraction of sp³-hybridized carbons (Fsp3) is 0.345. The van der Waals surface area contributed by atoms with E-state index >= 15 is 0 Å². The van der Waals surface area contributed by atoms with Crippen molar-refractivity contribution in [3.8, 4) is 11.5 Å². The smallest absolute Gasteiger partial charge is 0.432 e. The van der Waals surface area contributed by atoms with Gasteiger partial charge in [0.1, 0.15) is 11.8 Å². The second kappa shape index (κ2) is 14.5. The number of nitrogens with zero attached hydrogens (tertiary/aromatic N) is 4. The van der Waals surface area contributed by atoms with Crippen molar-refractivity contribution in [3.63, 3.8) is 0 Å². The number of alkyl halides is 5. The van der Waals surface area contributed by atoms with Gasteiger partial charge >= 0.3 is 13.0 Å². The number of aliphatic hydroxyl groups excluding tert-OH is 1. The Morgan fingerprint density at radius 1 is 1.15 bits per heavy atom. The number of carbonyl (C=O) groups is 1. The summed E-state index contributed by atoms with van der Waals surface area (Å²) < 4.78 is 114. The molecule has 1 atom stereocenters. The van der Waals surface area contributed by atoms with Crippen molar-refractivity contribution in [2.75, 3.05) is 37.7 Å². The average molecular weight is 720 g/mol. The van der Waals surface area contributed by atoms with E-state index in [0.717, 1.165) is 45.6 Å². The molecule has 19 heteroatoms. The van der Waals surface area contributed by atoms with Gasteiger partial charge in [-0.2, -0.15) is 13.1 Å². The van der Waals surface area contributed by atoms with Crippen LogP contribution in [0.2, 0.25) is 0 Å². The van der Waals surface area contributed by atoms with E-state index in [9.17, 15) is 44.7 Å². The van der Waals surface area contributed by atoms with Crippen LogP contribution in [-0.2, 0) is 27.8 Å². The van der Waals surface area contributed by atoms with Gasteiger partial charge in [-0.25, -0.2) is 17.8 Å². The van der Waals surface area contributed by atoms with E-state index in [1.54, 1.807) is 17.2 Å². The van der Waals surface area contributed by atoms with Gasteiger partial charge in [-0.3, -0.25) is 9.79 Å². The zero-order valence-electron chi connectivity index (χ0n) is 24.7. The average Bonchev–Trinajstić information content (AvgIpc) is 3.43. The van der Waals surface area contributed by atoms with Crippen LogP contribution in [0.4, 0.5) is 31.5 Å². The number of ether oxygens (including phenoxy) is 2. The Morgan fingerprint density at radius 3 is 2.56 bits per heavy atom. The molecule has 0 unspecified atom stereocenters. The van der Waals surface area contributed by atoms with Crippen molar-refractivity contribution in [2.24, 2.45) is 4.99 Å². The summed E-state index contributed by atoms with van der Waals surface area (Å²) in [6.07, 6.45) is -1.10. The highest BCUT2D eigenvalue weighted by atomic mass is 32.2. The number of piperazine rings is 1. The summed E-state index contributed by atoms with van der Waals surface area (Å²) in [5.74, 6) is -3.24. The molecule has 1 fully saturated rings. The molecule has 5 rings (SSSR count). The normalized spacial score (nSPS) is 17.4. The molecule has 2 N–H and O–H groups in total. The Morgan fingerprint density at radius 2 is 1.90 bits per heavy atom. The Balaban J connectivity index is 1.42. The number of benzene rings is 2. The third kappa shape index (κ3) is 8.26. The predicted molar refractivity (Wildman–Crippen MR) is 162 cm³/mol. The Kier molecular flexibility index (Phi) is 10.6. The fourth-order valence-corrected chi connectivity index (χ4v) is 7.68. The topological polar surface area (TPSA) is 134 Å². The van der Waals surface area contributed by atoms with Gasteiger partial charge in [0, 0.05) is 49.3 Å². The molecule has 2 aliphatic rings. The van der Waals surface area contributed by atoms with Crippen LogP contribution in [0.1, 0.15) is 16.1 Å². The molecular weight excluding hydrogens is 692 g/mol. The van der Waals surface area contributed by atoms with Gasteiger partial charge < -0.3 is 24.8 Å². The van der Waals surface area contributed by atoms with Crippen LogP contribution in [0.3, 0.4) is 0 Å². The molecule has 3 aromatic rings. The molecule has 1 amide bonds. The Labute approximate surface area is 274 Å². The number of hydrogen-bond acceptors (Lipinski definition) is 10. The molecule has 258 valence electrons. The summed E-state index contributed by atoms with van der Waals surface area (Å²) in [6.45, 7) is -3.85. The van der Waals surface area contributed by atoms with Gasteiger partial charge in [-0.05, 0) is 42.0 Å². The summed E-state index contributed by atoms with van der Waals surface area (Å²) in [6, 6.07) is 5.21. The number of carbonyl (C=O) groups excluding carboxylic acids is 1. The first-order valence-corrected chi connectivity index (χ1v) is 16.4. The maximum Gasteiger partial charge on any atom is 0.573 e. The number of fused-ring (bicyclic) bond motifs is 1. The first-order chi connectivity index (χ1) is 22.7. The summed E-state index contributed by atoms with van der Waals surface area (Å²) in [7, 11) is -4.47. The van der Waals surface area contributed by atoms with Gasteiger partial charge in [0.25, 0.3) is 0 Å². The van der Waals surface area contributed by atoms with Crippen molar-refractivity contribution in [2.45, 2.75) is 36.9 Å². The van der Waals surface area contributed by atoms with Crippen LogP contribution >= 0.6 is 11.3 Å². The highest BCUT2D eigenvalue weighted by Crippen LogP contribution is 2.34. The third-order valence-electron chi connectivity index (χ3n) is 7.26. The highest BCUT2D eigenvalue weighted by Gasteiger charge is 2.41. The van der Waals surface area contributed by atoms with Gasteiger partial charge in [0.15, 0.2) is 16.7 Å². The van der Waals surface area contributed by atoms with E-state index in [2.05, 4.69) is 24.8 Å². The van der Waals surface area contributed by atoms with E-state index in [1.165, 1.54) is 17.4 Å². The maximum atomic E-state index is 14.3. The number of aliphatic hydroxyl groups is 1. The Bertz CT molecular complexity index is 1800. The zero-order chi connectivity index (χ0) is 34.6. The molecule has 2 aliphatic heterocycles. The largest absolute Gasteiger partial charge is 0.573 e. The quantitative estimate of drug-likeness (QED) is 0.301. The van der Waals surface area contributed by atoms with Crippen molar-refractivity contribution in [3.05, 3.63) is 70.5 Å². The second-order valence-electron chi connectivity index (χ2n) is 10.4. The minimum absolute atomic E-state index is 0.0771. The minimum Gasteiger partial charge on any atom is -0.432 e. The lowest BCUT2D eigenvalue weighted by atomic mass is 10.1. The zero-order valence-corrected chi connectivity index (χ0v) is 26.3. The number of thiazole rings is 1. The highest BCUT2D eigenvalue weighted by molar-refractivity contribution is 7.89. The van der Waals surface area contributed by atoms with Crippen LogP contribution in [0.5, 0.6) is 11.5 Å². The van der Waals surface area contributed by atoms with Crippen LogP contribution in [0.15, 0.2) is 58.4 Å². The van der Waals surface area contributed by atoms with E-state index in [-0.39, 0.29) is 38.3 Å². The molecule has 2 aromatic carbocycles. The SMILES string of the molecule is O=C(NCc1ccc(OC(F)F)c(F)c1)[C@H]1CN(c2nc3c(s2)CC=NCC=C3CO)CCN1S(=O)(=O)c1ccc(OC(F)(F)F)cc1. The minimum atomic E-state index is -4.99. The van der Waals surface area contributed by atoms with Crippen molar-refractivity contribution >= 4 is 44.2 Å². The molecule has 48 heavy (non-hydrogen) atoms. The van der Waals surface area contributed by atoms with Crippen molar-refractivity contribution in [1.29, 1.82) is 0 Å². The van der Waals surface area contributed by atoms with E-state index < -0.39 is 57.2 Å². The number of aromatic nitrogens is 1. The number of rotatable bonds is 10.